The largest absolute Gasteiger partial charge is 0.356 e. The molecule has 34 heavy (non-hydrogen) atoms. The third-order valence-corrected chi connectivity index (χ3v) is 6.83. The molecule has 0 spiro atoms. The SMILES string of the molecule is CCCCCCNC(=O)CCCSc1nnc2c3ccccc3n(Cc3cccc(C)c3)c2n1. The van der Waals surface area contributed by atoms with Gasteiger partial charge in [0.15, 0.2) is 5.65 Å². The van der Waals surface area contributed by atoms with E-state index in [1.54, 1.807) is 11.8 Å². The van der Waals surface area contributed by atoms with Gasteiger partial charge in [0.2, 0.25) is 11.1 Å². The van der Waals surface area contributed by atoms with E-state index in [0.717, 1.165) is 53.8 Å². The summed E-state index contributed by atoms with van der Waals surface area (Å²) in [4.78, 5) is 16.9. The average Bonchev–Trinajstić information content (AvgIpc) is 3.15. The first kappa shape index (κ1) is 24.2. The maximum absolute atomic E-state index is 12.0. The zero-order valence-corrected chi connectivity index (χ0v) is 20.9. The molecule has 0 bridgehead atoms. The second-order valence-corrected chi connectivity index (χ2v) is 9.78. The van der Waals surface area contributed by atoms with Crippen LogP contribution >= 0.6 is 11.8 Å². The van der Waals surface area contributed by atoms with Crippen LogP contribution in [0.1, 0.15) is 56.6 Å². The molecule has 0 fully saturated rings. The van der Waals surface area contributed by atoms with Crippen LogP contribution in [0.4, 0.5) is 0 Å². The summed E-state index contributed by atoms with van der Waals surface area (Å²) in [6, 6.07) is 16.8. The van der Waals surface area contributed by atoms with Crippen molar-refractivity contribution in [3.8, 4) is 0 Å². The molecule has 7 heteroatoms. The summed E-state index contributed by atoms with van der Waals surface area (Å²) in [5.74, 6) is 0.916. The Morgan fingerprint density at radius 1 is 1.03 bits per heavy atom. The van der Waals surface area contributed by atoms with Crippen LogP contribution in [-0.2, 0) is 11.3 Å². The molecule has 1 N–H and O–H groups in total. The van der Waals surface area contributed by atoms with Gasteiger partial charge in [0.25, 0.3) is 0 Å². The Kier molecular flexibility index (Phi) is 8.52. The van der Waals surface area contributed by atoms with E-state index >= 15 is 0 Å². The maximum Gasteiger partial charge on any atom is 0.220 e. The highest BCUT2D eigenvalue weighted by molar-refractivity contribution is 7.99. The second kappa shape index (κ2) is 12.0. The van der Waals surface area contributed by atoms with Gasteiger partial charge < -0.3 is 9.88 Å². The summed E-state index contributed by atoms with van der Waals surface area (Å²) in [5.41, 5.74) is 5.27. The van der Waals surface area contributed by atoms with Crippen molar-refractivity contribution in [2.75, 3.05) is 12.3 Å². The highest BCUT2D eigenvalue weighted by Crippen LogP contribution is 2.28. The van der Waals surface area contributed by atoms with Crippen molar-refractivity contribution in [3.05, 3.63) is 59.7 Å². The molecular weight excluding hydrogens is 442 g/mol. The van der Waals surface area contributed by atoms with E-state index in [9.17, 15) is 4.79 Å². The molecule has 0 aliphatic heterocycles. The van der Waals surface area contributed by atoms with Crippen LogP contribution in [0.2, 0.25) is 0 Å². The van der Waals surface area contributed by atoms with Gasteiger partial charge >= 0.3 is 0 Å². The van der Waals surface area contributed by atoms with E-state index in [1.807, 2.05) is 12.1 Å². The van der Waals surface area contributed by atoms with Crippen molar-refractivity contribution >= 4 is 39.7 Å². The fourth-order valence-electron chi connectivity index (χ4n) is 4.17. The number of aromatic nitrogens is 4. The molecule has 0 radical (unpaired) electrons. The Hall–Kier alpha value is -2.93. The van der Waals surface area contributed by atoms with E-state index in [4.69, 9.17) is 4.98 Å². The Balaban J connectivity index is 1.42. The lowest BCUT2D eigenvalue weighted by atomic mass is 10.1. The Morgan fingerprint density at radius 2 is 1.91 bits per heavy atom. The van der Waals surface area contributed by atoms with Crippen molar-refractivity contribution in [3.63, 3.8) is 0 Å². The van der Waals surface area contributed by atoms with Crippen molar-refractivity contribution in [2.24, 2.45) is 0 Å². The van der Waals surface area contributed by atoms with Crippen molar-refractivity contribution in [1.29, 1.82) is 0 Å². The first-order valence-electron chi connectivity index (χ1n) is 12.2. The number of unbranched alkanes of at least 4 members (excludes halogenated alkanes) is 3. The number of carbonyl (C=O) groups excluding carboxylic acids is 1. The molecule has 178 valence electrons. The molecule has 4 rings (SSSR count). The fraction of sp³-hybridized carbons (Fsp3) is 0.407. The van der Waals surface area contributed by atoms with Crippen LogP contribution in [0, 0.1) is 6.92 Å². The van der Waals surface area contributed by atoms with E-state index in [2.05, 4.69) is 70.3 Å². The number of nitrogens with zero attached hydrogens (tertiary/aromatic N) is 4. The number of fused-ring (bicyclic) bond motifs is 3. The van der Waals surface area contributed by atoms with Crippen LogP contribution in [0.25, 0.3) is 22.1 Å². The lowest BCUT2D eigenvalue weighted by Gasteiger charge is -2.08. The summed E-state index contributed by atoms with van der Waals surface area (Å²) < 4.78 is 2.23. The third-order valence-electron chi connectivity index (χ3n) is 5.91. The predicted molar refractivity (Wildman–Crippen MR) is 140 cm³/mol. The molecule has 0 saturated carbocycles. The van der Waals surface area contributed by atoms with Crippen LogP contribution < -0.4 is 5.32 Å². The van der Waals surface area contributed by atoms with Gasteiger partial charge in [0.05, 0.1) is 5.52 Å². The summed E-state index contributed by atoms with van der Waals surface area (Å²) in [5, 5.41) is 13.6. The molecule has 2 heterocycles. The minimum atomic E-state index is 0.130. The summed E-state index contributed by atoms with van der Waals surface area (Å²) in [6.07, 6.45) is 6.00. The second-order valence-electron chi connectivity index (χ2n) is 8.72. The number of para-hydroxylation sites is 1. The minimum absolute atomic E-state index is 0.130. The van der Waals surface area contributed by atoms with E-state index < -0.39 is 0 Å². The maximum atomic E-state index is 12.0. The number of hydrogen-bond acceptors (Lipinski definition) is 5. The van der Waals surface area contributed by atoms with Gasteiger partial charge in [-0.15, -0.1) is 10.2 Å². The van der Waals surface area contributed by atoms with Gasteiger partial charge in [-0.25, -0.2) is 4.98 Å². The Labute approximate surface area is 205 Å². The van der Waals surface area contributed by atoms with Gasteiger partial charge in [-0.05, 0) is 31.4 Å². The minimum Gasteiger partial charge on any atom is -0.356 e. The number of amides is 1. The Bertz CT molecular complexity index is 1250. The highest BCUT2D eigenvalue weighted by atomic mass is 32.2. The van der Waals surface area contributed by atoms with Crippen LogP contribution in [-0.4, -0.2) is 38.0 Å². The predicted octanol–water partition coefficient (Wildman–Crippen LogP) is 5.91. The topological polar surface area (TPSA) is 72.7 Å². The van der Waals surface area contributed by atoms with Gasteiger partial charge in [0.1, 0.15) is 5.52 Å². The highest BCUT2D eigenvalue weighted by Gasteiger charge is 2.15. The van der Waals surface area contributed by atoms with Gasteiger partial charge in [-0.1, -0.05) is 86.0 Å². The number of benzene rings is 2. The quantitative estimate of drug-likeness (QED) is 0.204. The molecule has 0 saturated heterocycles. The van der Waals surface area contributed by atoms with Gasteiger partial charge in [0, 0.05) is 30.6 Å². The van der Waals surface area contributed by atoms with Crippen molar-refractivity contribution in [1.82, 2.24) is 25.1 Å². The summed E-state index contributed by atoms with van der Waals surface area (Å²) >= 11 is 1.56. The lowest BCUT2D eigenvalue weighted by molar-refractivity contribution is -0.121. The van der Waals surface area contributed by atoms with Crippen molar-refractivity contribution < 1.29 is 4.79 Å². The molecule has 0 atom stereocenters. The molecule has 6 nitrogen and oxygen atoms in total. The lowest BCUT2D eigenvalue weighted by Crippen LogP contribution is -2.24. The number of thioether (sulfide) groups is 1. The van der Waals surface area contributed by atoms with Gasteiger partial charge in [-0.3, -0.25) is 4.79 Å². The molecule has 4 aromatic rings. The molecule has 0 aliphatic carbocycles. The average molecular weight is 476 g/mol. The molecular formula is C27H33N5OS. The zero-order chi connectivity index (χ0) is 23.8. The van der Waals surface area contributed by atoms with Crippen LogP contribution in [0.15, 0.2) is 53.7 Å². The standard InChI is InChI=1S/C27H33N5OS/c1-3-4-5-8-16-28-24(33)15-10-17-34-27-29-26-25(30-31-27)22-13-6-7-14-23(22)32(26)19-21-12-9-11-20(2)18-21/h6-7,9,11-14,18H,3-5,8,10,15-17,19H2,1-2H3,(H,28,33). The number of hydrogen-bond donors (Lipinski definition) is 1. The first-order valence-corrected chi connectivity index (χ1v) is 13.2. The normalized spacial score (nSPS) is 11.4. The zero-order valence-electron chi connectivity index (χ0n) is 20.1. The summed E-state index contributed by atoms with van der Waals surface area (Å²) in [6.45, 7) is 5.81. The first-order chi connectivity index (χ1) is 16.7. The third kappa shape index (κ3) is 6.14. The Morgan fingerprint density at radius 3 is 2.76 bits per heavy atom. The van der Waals surface area contributed by atoms with E-state index in [1.165, 1.54) is 30.4 Å². The summed E-state index contributed by atoms with van der Waals surface area (Å²) in [7, 11) is 0. The van der Waals surface area contributed by atoms with E-state index in [0.29, 0.717) is 11.6 Å². The monoisotopic (exact) mass is 475 g/mol. The molecule has 0 unspecified atom stereocenters. The van der Waals surface area contributed by atoms with Crippen molar-refractivity contribution in [2.45, 2.75) is 64.1 Å². The molecule has 2 aromatic heterocycles. The molecule has 2 aromatic carbocycles. The number of aryl methyl sites for hydroxylation is 1. The van der Waals surface area contributed by atoms with Crippen LogP contribution in [0.3, 0.4) is 0 Å². The van der Waals surface area contributed by atoms with Crippen LogP contribution in [0.5, 0.6) is 0 Å². The van der Waals surface area contributed by atoms with E-state index in [-0.39, 0.29) is 5.91 Å². The number of rotatable bonds is 12. The molecule has 1 amide bonds. The number of nitrogens with one attached hydrogen (secondary N) is 1. The number of carbonyl (C=O) groups is 1. The fourth-order valence-corrected chi connectivity index (χ4v) is 4.89. The molecule has 0 aliphatic rings. The smallest absolute Gasteiger partial charge is 0.220 e. The van der Waals surface area contributed by atoms with Gasteiger partial charge in [-0.2, -0.15) is 0 Å².